The third-order valence-electron chi connectivity index (χ3n) is 3.29. The molecular weight excluding hydrogens is 238 g/mol. The summed E-state index contributed by atoms with van der Waals surface area (Å²) >= 11 is 1.85. The van der Waals surface area contributed by atoms with Crippen LogP contribution in [0.5, 0.6) is 0 Å². The van der Waals surface area contributed by atoms with E-state index in [2.05, 4.69) is 62.7 Å². The van der Waals surface area contributed by atoms with E-state index in [1.54, 1.807) is 0 Å². The van der Waals surface area contributed by atoms with Crippen molar-refractivity contribution in [2.24, 2.45) is 5.41 Å². The molecule has 1 heterocycles. The van der Waals surface area contributed by atoms with Crippen molar-refractivity contribution < 1.29 is 0 Å². The highest BCUT2D eigenvalue weighted by atomic mass is 32.1. The van der Waals surface area contributed by atoms with E-state index in [0.29, 0.717) is 6.04 Å². The molecule has 98 valence electrons. The van der Waals surface area contributed by atoms with Gasteiger partial charge in [-0.2, -0.15) is 0 Å². The summed E-state index contributed by atoms with van der Waals surface area (Å²) in [6, 6.07) is 9.14. The zero-order valence-corrected chi connectivity index (χ0v) is 12.6. The zero-order chi connectivity index (χ0) is 13.2. The van der Waals surface area contributed by atoms with E-state index in [1.807, 2.05) is 11.3 Å². The highest BCUT2D eigenvalue weighted by Gasteiger charge is 2.27. The Kier molecular flexibility index (Phi) is 4.08. The number of thiophene rings is 1. The smallest absolute Gasteiger partial charge is 0.0383 e. The van der Waals surface area contributed by atoms with E-state index < -0.39 is 0 Å². The molecule has 0 aliphatic heterocycles. The van der Waals surface area contributed by atoms with E-state index in [1.165, 1.54) is 22.1 Å². The van der Waals surface area contributed by atoms with Crippen molar-refractivity contribution in [1.29, 1.82) is 0 Å². The van der Waals surface area contributed by atoms with Crippen LogP contribution < -0.4 is 5.32 Å². The van der Waals surface area contributed by atoms with Crippen LogP contribution in [0, 0.1) is 5.41 Å². The fourth-order valence-corrected chi connectivity index (χ4v) is 3.38. The maximum atomic E-state index is 3.71. The van der Waals surface area contributed by atoms with Crippen LogP contribution in [0.4, 0.5) is 0 Å². The van der Waals surface area contributed by atoms with Crippen molar-refractivity contribution in [2.75, 3.05) is 6.54 Å². The third-order valence-corrected chi connectivity index (χ3v) is 4.27. The summed E-state index contributed by atoms with van der Waals surface area (Å²) < 4.78 is 1.39. The molecule has 2 heteroatoms. The number of hydrogen-bond acceptors (Lipinski definition) is 2. The maximum absolute atomic E-state index is 3.71. The number of fused-ring (bicyclic) bond motifs is 1. The van der Waals surface area contributed by atoms with Crippen LogP contribution in [0.15, 0.2) is 29.6 Å². The van der Waals surface area contributed by atoms with E-state index in [-0.39, 0.29) is 5.41 Å². The Morgan fingerprint density at radius 3 is 2.61 bits per heavy atom. The Balaban J connectivity index is 2.41. The van der Waals surface area contributed by atoms with Gasteiger partial charge in [0.2, 0.25) is 0 Å². The molecule has 0 amide bonds. The first-order chi connectivity index (χ1) is 8.54. The fourth-order valence-electron chi connectivity index (χ4n) is 2.39. The van der Waals surface area contributed by atoms with Crippen molar-refractivity contribution in [2.45, 2.75) is 40.2 Å². The molecule has 1 aromatic heterocycles. The molecule has 0 bridgehead atoms. The van der Waals surface area contributed by atoms with E-state index in [4.69, 9.17) is 0 Å². The highest BCUT2D eigenvalue weighted by Crippen LogP contribution is 2.39. The minimum atomic E-state index is 0.235. The molecule has 0 saturated carbocycles. The predicted octanol–water partition coefficient (Wildman–Crippen LogP) is 4.99. The van der Waals surface area contributed by atoms with Crippen LogP contribution in [-0.4, -0.2) is 6.54 Å². The van der Waals surface area contributed by atoms with Crippen molar-refractivity contribution >= 4 is 21.4 Å². The van der Waals surface area contributed by atoms with Crippen LogP contribution in [0.2, 0.25) is 0 Å². The molecule has 18 heavy (non-hydrogen) atoms. The largest absolute Gasteiger partial charge is 0.309 e. The van der Waals surface area contributed by atoms with Crippen molar-refractivity contribution in [3.63, 3.8) is 0 Å². The summed E-state index contributed by atoms with van der Waals surface area (Å²) in [6.45, 7) is 10.2. The molecule has 1 aromatic carbocycles. The Labute approximate surface area is 114 Å². The average molecular weight is 261 g/mol. The monoisotopic (exact) mass is 261 g/mol. The van der Waals surface area contributed by atoms with Gasteiger partial charge in [-0.05, 0) is 40.8 Å². The number of benzene rings is 1. The Hall–Kier alpha value is -0.860. The summed E-state index contributed by atoms with van der Waals surface area (Å²) in [7, 11) is 0. The minimum absolute atomic E-state index is 0.235. The lowest BCUT2D eigenvalue weighted by atomic mass is 9.82. The second-order valence-electron chi connectivity index (χ2n) is 5.94. The number of nitrogens with one attached hydrogen (secondary N) is 1. The molecule has 1 nitrogen and oxygen atoms in total. The minimum Gasteiger partial charge on any atom is -0.309 e. The molecule has 0 aliphatic rings. The predicted molar refractivity (Wildman–Crippen MR) is 82.3 cm³/mol. The lowest BCUT2D eigenvalue weighted by Crippen LogP contribution is -2.32. The summed E-state index contributed by atoms with van der Waals surface area (Å²) in [4.78, 5) is 0. The fraction of sp³-hybridized carbons (Fsp3) is 0.500. The molecule has 2 rings (SSSR count). The second-order valence-corrected chi connectivity index (χ2v) is 6.85. The maximum Gasteiger partial charge on any atom is 0.0383 e. The lowest BCUT2D eigenvalue weighted by Gasteiger charge is -2.31. The summed E-state index contributed by atoms with van der Waals surface area (Å²) in [5.41, 5.74) is 1.69. The van der Waals surface area contributed by atoms with Gasteiger partial charge in [0, 0.05) is 10.7 Å². The third kappa shape index (κ3) is 2.76. The first-order valence-corrected chi connectivity index (χ1v) is 7.61. The molecular formula is C16H23NS. The van der Waals surface area contributed by atoms with Crippen LogP contribution in [0.1, 0.15) is 45.7 Å². The molecule has 1 unspecified atom stereocenters. The average Bonchev–Trinajstić information content (AvgIpc) is 2.72. The van der Waals surface area contributed by atoms with Gasteiger partial charge in [0.25, 0.3) is 0 Å². The molecule has 2 aromatic rings. The van der Waals surface area contributed by atoms with Gasteiger partial charge in [-0.25, -0.2) is 0 Å². The van der Waals surface area contributed by atoms with E-state index in [9.17, 15) is 0 Å². The first-order valence-electron chi connectivity index (χ1n) is 6.73. The van der Waals surface area contributed by atoms with Crippen LogP contribution in [0.3, 0.4) is 0 Å². The first kappa shape index (κ1) is 13.6. The van der Waals surface area contributed by atoms with E-state index >= 15 is 0 Å². The Bertz CT molecular complexity index is 507. The Morgan fingerprint density at radius 2 is 1.94 bits per heavy atom. The zero-order valence-electron chi connectivity index (χ0n) is 11.8. The number of rotatable bonds is 4. The summed E-state index contributed by atoms with van der Waals surface area (Å²) in [5.74, 6) is 0. The van der Waals surface area contributed by atoms with Gasteiger partial charge >= 0.3 is 0 Å². The Morgan fingerprint density at radius 1 is 1.22 bits per heavy atom. The van der Waals surface area contributed by atoms with Gasteiger partial charge in [-0.15, -0.1) is 11.3 Å². The van der Waals surface area contributed by atoms with Crippen LogP contribution in [0.25, 0.3) is 10.1 Å². The highest BCUT2D eigenvalue weighted by molar-refractivity contribution is 7.17. The van der Waals surface area contributed by atoms with Gasteiger partial charge in [0.05, 0.1) is 0 Å². The number of hydrogen-bond donors (Lipinski definition) is 1. The van der Waals surface area contributed by atoms with Crippen LogP contribution >= 0.6 is 11.3 Å². The molecule has 1 N–H and O–H groups in total. The lowest BCUT2D eigenvalue weighted by molar-refractivity contribution is 0.275. The SMILES string of the molecule is CCCNC(c1csc2ccccc12)C(C)(C)C. The summed E-state index contributed by atoms with van der Waals surface area (Å²) in [5, 5.41) is 7.44. The molecule has 1 atom stereocenters. The molecule has 0 aliphatic carbocycles. The molecule has 0 fully saturated rings. The normalized spacial score (nSPS) is 14.0. The molecule has 0 saturated heterocycles. The van der Waals surface area contributed by atoms with Crippen molar-refractivity contribution in [3.8, 4) is 0 Å². The summed E-state index contributed by atoms with van der Waals surface area (Å²) in [6.07, 6.45) is 1.18. The van der Waals surface area contributed by atoms with Crippen LogP contribution in [-0.2, 0) is 0 Å². The van der Waals surface area contributed by atoms with Gasteiger partial charge in [0.15, 0.2) is 0 Å². The van der Waals surface area contributed by atoms with E-state index in [0.717, 1.165) is 6.54 Å². The standard InChI is InChI=1S/C16H23NS/c1-5-10-17-15(16(2,3)4)13-11-18-14-9-7-6-8-12(13)14/h6-9,11,15,17H,5,10H2,1-4H3. The topological polar surface area (TPSA) is 12.0 Å². The molecule has 0 spiro atoms. The van der Waals surface area contributed by atoms with Gasteiger partial charge < -0.3 is 5.32 Å². The van der Waals surface area contributed by atoms with Gasteiger partial charge in [0.1, 0.15) is 0 Å². The van der Waals surface area contributed by atoms with Crippen molar-refractivity contribution in [3.05, 3.63) is 35.2 Å². The second kappa shape index (κ2) is 5.41. The van der Waals surface area contributed by atoms with Gasteiger partial charge in [-0.3, -0.25) is 0 Å². The quantitative estimate of drug-likeness (QED) is 0.817. The van der Waals surface area contributed by atoms with Crippen molar-refractivity contribution in [1.82, 2.24) is 5.32 Å². The van der Waals surface area contributed by atoms with Gasteiger partial charge in [-0.1, -0.05) is 45.9 Å². The molecule has 0 radical (unpaired) electrons.